The van der Waals surface area contributed by atoms with Crippen molar-refractivity contribution in [2.75, 3.05) is 52.8 Å². The lowest BCUT2D eigenvalue weighted by Gasteiger charge is -2.38. The second-order valence-electron chi connectivity index (χ2n) is 14.4. The lowest BCUT2D eigenvalue weighted by molar-refractivity contribution is -0.136. The molecule has 0 saturated carbocycles. The zero-order valence-corrected chi connectivity index (χ0v) is 32.3. The highest BCUT2D eigenvalue weighted by Gasteiger charge is 2.46. The molecule has 4 aromatic rings. The van der Waals surface area contributed by atoms with Crippen molar-refractivity contribution in [3.8, 4) is 28.4 Å². The number of hydrogen-bond donors (Lipinski definition) is 3. The molecule has 2 aromatic carbocycles. The molecule has 5 amide bonds. The molecule has 0 radical (unpaired) electrons. The zero-order chi connectivity index (χ0) is 40.4. The Morgan fingerprint density at radius 1 is 0.930 bits per heavy atom. The number of aromatic nitrogens is 2. The number of amides is 5. The average Bonchev–Trinajstić information content (AvgIpc) is 3.45. The summed E-state index contributed by atoms with van der Waals surface area (Å²) < 4.78 is 19.1. The van der Waals surface area contributed by atoms with Gasteiger partial charge in [-0.05, 0) is 61.6 Å². The lowest BCUT2D eigenvalue weighted by Crippen LogP contribution is -2.54. The highest BCUT2D eigenvalue weighted by Crippen LogP contribution is 2.39. The van der Waals surface area contributed by atoms with Crippen LogP contribution < -0.4 is 35.7 Å². The van der Waals surface area contributed by atoms with Gasteiger partial charge in [0, 0.05) is 70.0 Å². The van der Waals surface area contributed by atoms with Crippen molar-refractivity contribution in [1.29, 1.82) is 0 Å². The Morgan fingerprint density at radius 3 is 2.39 bits per heavy atom. The topological polar surface area (TPSA) is 190 Å². The number of nitrogens with zero attached hydrogens (tertiary/aromatic N) is 4. The van der Waals surface area contributed by atoms with Gasteiger partial charge in [-0.25, -0.2) is 4.98 Å². The van der Waals surface area contributed by atoms with Gasteiger partial charge in [0.05, 0.1) is 48.8 Å². The Hall–Kier alpha value is -6.29. The quantitative estimate of drug-likeness (QED) is 0.118. The van der Waals surface area contributed by atoms with Crippen LogP contribution in [0.3, 0.4) is 0 Å². The normalized spacial score (nSPS) is 17.0. The van der Waals surface area contributed by atoms with Crippen molar-refractivity contribution in [2.45, 2.75) is 44.7 Å². The number of pyridine rings is 2. The van der Waals surface area contributed by atoms with E-state index in [2.05, 4.69) is 25.8 Å². The van der Waals surface area contributed by atoms with E-state index in [4.69, 9.17) is 14.2 Å². The number of carbonyl (C=O) groups is 5. The number of likely N-dealkylation sites (tertiary alicyclic amines) is 1. The molecular formula is C41H45N7O9. The van der Waals surface area contributed by atoms with Crippen molar-refractivity contribution in [3.63, 3.8) is 0 Å². The summed E-state index contributed by atoms with van der Waals surface area (Å²) in [4.78, 5) is 83.7. The summed E-state index contributed by atoms with van der Waals surface area (Å²) in [5.74, 6) is -0.288. The molecule has 298 valence electrons. The number of imide groups is 2. The van der Waals surface area contributed by atoms with Crippen LogP contribution in [-0.4, -0.2) is 102 Å². The summed E-state index contributed by atoms with van der Waals surface area (Å²) in [6.07, 6.45) is 5.76. The summed E-state index contributed by atoms with van der Waals surface area (Å²) in [5, 5.41) is 9.48. The smallest absolute Gasteiger partial charge is 0.266 e. The molecule has 3 N–H and O–H groups in total. The highest BCUT2D eigenvalue weighted by atomic mass is 16.5. The van der Waals surface area contributed by atoms with Crippen molar-refractivity contribution in [1.82, 2.24) is 30.0 Å². The number of anilines is 1. The van der Waals surface area contributed by atoms with E-state index in [0.29, 0.717) is 67.3 Å². The van der Waals surface area contributed by atoms with Gasteiger partial charge in [-0.3, -0.25) is 43.9 Å². The van der Waals surface area contributed by atoms with Gasteiger partial charge in [0.15, 0.2) is 0 Å². The van der Waals surface area contributed by atoms with E-state index >= 15 is 0 Å². The van der Waals surface area contributed by atoms with Crippen LogP contribution in [0.4, 0.5) is 5.82 Å². The molecule has 0 spiro atoms. The van der Waals surface area contributed by atoms with E-state index in [1.54, 1.807) is 63.5 Å². The molecule has 2 fully saturated rings. The van der Waals surface area contributed by atoms with Gasteiger partial charge in [-0.15, -0.1) is 0 Å². The minimum Gasteiger partial charge on any atom is -0.496 e. The fourth-order valence-electron chi connectivity index (χ4n) is 7.66. The summed E-state index contributed by atoms with van der Waals surface area (Å²) in [6.45, 7) is 2.51. The number of methoxy groups -OCH3 is 2. The van der Waals surface area contributed by atoms with E-state index in [1.165, 1.54) is 6.07 Å². The number of carbonyl (C=O) groups excluding carboxylic acids is 5. The Kier molecular flexibility index (Phi) is 11.2. The first kappa shape index (κ1) is 39.0. The summed E-state index contributed by atoms with van der Waals surface area (Å²) in [6, 6.07) is 9.35. The molecule has 7 rings (SSSR count). The van der Waals surface area contributed by atoms with Crippen molar-refractivity contribution in [2.24, 2.45) is 13.0 Å². The number of nitrogens with one attached hydrogen (secondary N) is 3. The molecule has 2 saturated heterocycles. The second kappa shape index (κ2) is 16.4. The summed E-state index contributed by atoms with van der Waals surface area (Å²) >= 11 is 0. The second-order valence-corrected chi connectivity index (χ2v) is 14.4. The van der Waals surface area contributed by atoms with Crippen molar-refractivity contribution in [3.05, 3.63) is 75.8 Å². The third kappa shape index (κ3) is 7.64. The van der Waals surface area contributed by atoms with E-state index in [0.717, 1.165) is 34.4 Å². The van der Waals surface area contributed by atoms with Gasteiger partial charge in [-0.1, -0.05) is 6.07 Å². The monoisotopic (exact) mass is 779 g/mol. The average molecular weight is 780 g/mol. The Morgan fingerprint density at radius 2 is 1.68 bits per heavy atom. The van der Waals surface area contributed by atoms with Gasteiger partial charge in [-0.2, -0.15) is 0 Å². The Bertz CT molecular complexity index is 2310. The maximum Gasteiger partial charge on any atom is 0.266 e. The SMILES string of the molecule is CNc1cc2c(=O)n(C)cc(-c3cc(OC)c(CN4CC(C(=O)NCCCCCOc5cccc6c5C(=O)N(C5CCC(=O)NC5=O)C6=O)C4)c(OC)c3)c2cn1. The molecule has 5 heterocycles. The number of fused-ring (bicyclic) bond motifs is 2. The van der Waals surface area contributed by atoms with Crippen LogP contribution in [0.15, 0.2) is 53.6 Å². The molecular weight excluding hydrogens is 734 g/mol. The fraction of sp³-hybridized carbons (Fsp3) is 0.390. The van der Waals surface area contributed by atoms with Crippen LogP contribution >= 0.6 is 0 Å². The van der Waals surface area contributed by atoms with Crippen LogP contribution in [0.2, 0.25) is 0 Å². The van der Waals surface area contributed by atoms with Crippen molar-refractivity contribution < 1.29 is 38.2 Å². The zero-order valence-electron chi connectivity index (χ0n) is 32.3. The molecule has 2 aromatic heterocycles. The van der Waals surface area contributed by atoms with Crippen LogP contribution in [-0.2, 0) is 28.0 Å². The number of aryl methyl sites for hydroxylation is 1. The first-order chi connectivity index (χ1) is 27.5. The molecule has 1 unspecified atom stereocenters. The largest absolute Gasteiger partial charge is 0.496 e. The number of unbranched alkanes of at least 4 members (excludes halogenated alkanes) is 2. The standard InChI is InChI=1S/C41H45N7O9/c1-42-34-17-26-27(18-44-34)28(21-46(2)39(26)52)23-15-32(55-3)29(33(16-23)56-4)22-47-19-24(20-47)37(50)43-13-6-5-7-14-57-31-10-8-9-25-36(31)41(54)48(40(25)53)30-11-12-35(49)45-38(30)51/h8-10,15-18,21,24,30H,5-7,11-14,19-20,22H2,1-4H3,(H,42,44)(H,43,50)(H,45,49,51). The molecule has 3 aliphatic rings. The van der Waals surface area contributed by atoms with E-state index in [1.807, 2.05) is 12.1 Å². The van der Waals surface area contributed by atoms with Gasteiger partial charge < -0.3 is 29.4 Å². The summed E-state index contributed by atoms with van der Waals surface area (Å²) in [5.41, 5.74) is 2.65. The minimum absolute atomic E-state index is 0.00279. The van der Waals surface area contributed by atoms with Gasteiger partial charge in [0.2, 0.25) is 17.7 Å². The van der Waals surface area contributed by atoms with Crippen molar-refractivity contribution >= 4 is 46.1 Å². The molecule has 1 atom stereocenters. The molecule has 16 nitrogen and oxygen atoms in total. The highest BCUT2D eigenvalue weighted by molar-refractivity contribution is 6.24. The molecule has 57 heavy (non-hydrogen) atoms. The number of benzene rings is 2. The predicted octanol–water partition coefficient (Wildman–Crippen LogP) is 2.86. The molecule has 0 bridgehead atoms. The Labute approximate surface area is 328 Å². The third-order valence-corrected chi connectivity index (χ3v) is 10.8. The molecule has 0 aliphatic carbocycles. The van der Waals surface area contributed by atoms with E-state index in [9.17, 15) is 28.8 Å². The lowest BCUT2D eigenvalue weighted by atomic mass is 9.96. The van der Waals surface area contributed by atoms with E-state index in [-0.39, 0.29) is 47.1 Å². The number of hydrogen-bond acceptors (Lipinski definition) is 12. The summed E-state index contributed by atoms with van der Waals surface area (Å²) in [7, 11) is 6.69. The van der Waals surface area contributed by atoms with Crippen LogP contribution in [0.25, 0.3) is 21.9 Å². The number of piperidine rings is 1. The number of rotatable bonds is 15. The van der Waals surface area contributed by atoms with Gasteiger partial charge in [0.1, 0.15) is 29.1 Å². The fourth-order valence-corrected chi connectivity index (χ4v) is 7.66. The van der Waals surface area contributed by atoms with Gasteiger partial charge in [0.25, 0.3) is 17.4 Å². The third-order valence-electron chi connectivity index (χ3n) is 10.8. The molecule has 16 heteroatoms. The van der Waals surface area contributed by atoms with Crippen LogP contribution in [0.5, 0.6) is 17.2 Å². The maximum absolute atomic E-state index is 13.3. The van der Waals surface area contributed by atoms with Gasteiger partial charge >= 0.3 is 0 Å². The van der Waals surface area contributed by atoms with E-state index < -0.39 is 29.7 Å². The van der Waals surface area contributed by atoms with Crippen LogP contribution in [0.1, 0.15) is 58.4 Å². The minimum atomic E-state index is -1.04. The first-order valence-corrected chi connectivity index (χ1v) is 18.9. The predicted molar refractivity (Wildman–Crippen MR) is 209 cm³/mol. The number of ether oxygens (including phenoxy) is 3. The Balaban J connectivity index is 0.874. The first-order valence-electron chi connectivity index (χ1n) is 18.9. The molecule has 3 aliphatic heterocycles. The van der Waals surface area contributed by atoms with Crippen LogP contribution in [0, 0.1) is 5.92 Å². The maximum atomic E-state index is 13.3.